The number of rotatable bonds is 5. The fraction of sp³-hybridized carbons (Fsp3) is 0.286. The van der Waals surface area contributed by atoms with E-state index in [0.717, 1.165) is 70.7 Å². The molecule has 0 saturated carbocycles. The van der Waals surface area contributed by atoms with E-state index in [1.54, 1.807) is 0 Å². The van der Waals surface area contributed by atoms with Crippen molar-refractivity contribution in [2.24, 2.45) is 0 Å². The number of carbonyl (C=O) groups excluding carboxylic acids is 1. The van der Waals surface area contributed by atoms with E-state index >= 15 is 0 Å². The second kappa shape index (κ2) is 9.51. The molecule has 1 aliphatic rings. The summed E-state index contributed by atoms with van der Waals surface area (Å²) in [7, 11) is 0. The number of carbonyl (C=O) groups is 1. The van der Waals surface area contributed by atoms with Gasteiger partial charge in [0.1, 0.15) is 0 Å². The molecule has 0 bridgehead atoms. The highest BCUT2D eigenvalue weighted by molar-refractivity contribution is 6.30. The van der Waals surface area contributed by atoms with E-state index < -0.39 is 0 Å². The third kappa shape index (κ3) is 4.40. The predicted octanol–water partition coefficient (Wildman–Crippen LogP) is 5.25. The number of pyridine rings is 1. The lowest BCUT2D eigenvalue weighted by molar-refractivity contribution is -0.131. The van der Waals surface area contributed by atoms with Crippen molar-refractivity contribution in [1.82, 2.24) is 9.47 Å². The van der Waals surface area contributed by atoms with E-state index in [9.17, 15) is 9.59 Å². The van der Waals surface area contributed by atoms with E-state index in [1.165, 1.54) is 0 Å². The summed E-state index contributed by atoms with van der Waals surface area (Å²) in [6.45, 7) is 5.79. The Morgan fingerprint density at radius 2 is 1.59 bits per heavy atom. The molecule has 1 aromatic heterocycles. The number of nitrogens with zero attached hydrogens (tertiary/aromatic N) is 3. The molecule has 0 aliphatic carbocycles. The van der Waals surface area contributed by atoms with Crippen LogP contribution in [0.15, 0.2) is 71.5 Å². The van der Waals surface area contributed by atoms with Crippen molar-refractivity contribution in [2.75, 3.05) is 31.1 Å². The molecule has 34 heavy (non-hydrogen) atoms. The number of fused-ring (bicyclic) bond motifs is 2. The molecule has 1 fully saturated rings. The van der Waals surface area contributed by atoms with Gasteiger partial charge in [-0.25, -0.2) is 0 Å². The second-order valence-electron chi connectivity index (χ2n) is 8.97. The van der Waals surface area contributed by atoms with Crippen molar-refractivity contribution in [3.8, 4) is 0 Å². The van der Waals surface area contributed by atoms with Gasteiger partial charge in [0.15, 0.2) is 5.43 Å². The minimum absolute atomic E-state index is 0.0696. The van der Waals surface area contributed by atoms with Crippen LogP contribution in [-0.2, 0) is 11.3 Å². The van der Waals surface area contributed by atoms with Gasteiger partial charge in [0, 0.05) is 60.6 Å². The Labute approximate surface area is 204 Å². The predicted molar refractivity (Wildman–Crippen MR) is 140 cm³/mol. The lowest BCUT2D eigenvalue weighted by atomic mass is 10.1. The van der Waals surface area contributed by atoms with Crippen LogP contribution in [0.4, 0.5) is 5.69 Å². The van der Waals surface area contributed by atoms with E-state index in [4.69, 9.17) is 11.6 Å². The third-order valence-corrected chi connectivity index (χ3v) is 6.98. The summed E-state index contributed by atoms with van der Waals surface area (Å²) in [6.07, 6.45) is 1.22. The van der Waals surface area contributed by atoms with Crippen molar-refractivity contribution in [3.63, 3.8) is 0 Å². The Morgan fingerprint density at radius 1 is 0.882 bits per heavy atom. The molecule has 6 heteroatoms. The first-order valence-electron chi connectivity index (χ1n) is 11.8. The number of piperazine rings is 1. The summed E-state index contributed by atoms with van der Waals surface area (Å²) in [5.74, 6) is 0.196. The number of benzene rings is 3. The van der Waals surface area contributed by atoms with Crippen LogP contribution in [0.5, 0.6) is 0 Å². The summed E-state index contributed by atoms with van der Waals surface area (Å²) >= 11 is 6.00. The van der Waals surface area contributed by atoms with Gasteiger partial charge in [-0.15, -0.1) is 0 Å². The average molecular weight is 474 g/mol. The Hall–Kier alpha value is -3.31. The zero-order chi connectivity index (χ0) is 23.7. The molecule has 174 valence electrons. The number of halogens is 1. The Morgan fingerprint density at radius 3 is 2.35 bits per heavy atom. The summed E-state index contributed by atoms with van der Waals surface area (Å²) in [6, 6.07) is 21.6. The highest BCUT2D eigenvalue weighted by Crippen LogP contribution is 2.22. The molecular weight excluding hydrogens is 446 g/mol. The van der Waals surface area contributed by atoms with Gasteiger partial charge in [0.2, 0.25) is 5.91 Å². The second-order valence-corrected chi connectivity index (χ2v) is 9.40. The summed E-state index contributed by atoms with van der Waals surface area (Å²) < 4.78 is 2.19. The van der Waals surface area contributed by atoms with E-state index in [-0.39, 0.29) is 11.3 Å². The molecular formula is C28H28ClN3O2. The number of hydrogen-bond donors (Lipinski definition) is 0. The average Bonchev–Trinajstić information content (AvgIpc) is 2.86. The molecule has 0 atom stereocenters. The van der Waals surface area contributed by atoms with Crippen LogP contribution >= 0.6 is 11.6 Å². The van der Waals surface area contributed by atoms with Crippen LogP contribution in [0.2, 0.25) is 5.02 Å². The number of hydrogen-bond acceptors (Lipinski definition) is 3. The first-order valence-corrected chi connectivity index (χ1v) is 12.2. The zero-order valence-electron chi connectivity index (χ0n) is 19.3. The topological polar surface area (TPSA) is 45.6 Å². The highest BCUT2D eigenvalue weighted by atomic mass is 35.5. The van der Waals surface area contributed by atoms with Crippen molar-refractivity contribution in [1.29, 1.82) is 0 Å². The number of aryl methyl sites for hydroxylation is 2. The van der Waals surface area contributed by atoms with Gasteiger partial charge in [-0.05, 0) is 61.9 Å². The van der Waals surface area contributed by atoms with Crippen molar-refractivity contribution in [3.05, 3.63) is 87.5 Å². The summed E-state index contributed by atoms with van der Waals surface area (Å²) in [4.78, 5) is 30.2. The van der Waals surface area contributed by atoms with Crippen LogP contribution in [0.25, 0.3) is 21.8 Å². The third-order valence-electron chi connectivity index (χ3n) is 6.72. The molecule has 1 saturated heterocycles. The molecule has 5 rings (SSSR count). The van der Waals surface area contributed by atoms with Crippen molar-refractivity contribution < 1.29 is 4.79 Å². The molecule has 2 heterocycles. The van der Waals surface area contributed by atoms with Crippen LogP contribution < -0.4 is 10.3 Å². The number of amides is 1. The largest absolute Gasteiger partial charge is 0.368 e. The normalized spacial score (nSPS) is 14.2. The maximum Gasteiger partial charge on any atom is 0.222 e. The maximum atomic E-state index is 13.0. The van der Waals surface area contributed by atoms with Gasteiger partial charge in [-0.3, -0.25) is 9.59 Å². The molecule has 0 radical (unpaired) electrons. The van der Waals surface area contributed by atoms with Crippen molar-refractivity contribution in [2.45, 2.75) is 26.3 Å². The Balaban J connectivity index is 1.26. The fourth-order valence-electron chi connectivity index (χ4n) is 4.90. The number of aromatic nitrogens is 1. The monoisotopic (exact) mass is 473 g/mol. The number of para-hydroxylation sites is 1. The van der Waals surface area contributed by atoms with Gasteiger partial charge in [0.05, 0.1) is 11.0 Å². The van der Waals surface area contributed by atoms with Crippen LogP contribution in [0.3, 0.4) is 0 Å². The van der Waals surface area contributed by atoms with Crippen LogP contribution in [0, 0.1) is 6.92 Å². The van der Waals surface area contributed by atoms with Crippen LogP contribution in [0.1, 0.15) is 18.4 Å². The Kier molecular flexibility index (Phi) is 6.29. The molecule has 1 amide bonds. The summed E-state index contributed by atoms with van der Waals surface area (Å²) in [5.41, 5.74) is 4.13. The SMILES string of the molecule is Cc1ccc2c(c1)c(=O)c1ccccc1n2CCCC(=O)N1CCN(c2ccc(Cl)cc2)CC1. The fourth-order valence-corrected chi connectivity index (χ4v) is 5.02. The zero-order valence-corrected chi connectivity index (χ0v) is 20.1. The van der Waals surface area contributed by atoms with Gasteiger partial charge in [-0.1, -0.05) is 35.4 Å². The molecule has 3 aromatic carbocycles. The molecule has 1 aliphatic heterocycles. The highest BCUT2D eigenvalue weighted by Gasteiger charge is 2.21. The van der Waals surface area contributed by atoms with Gasteiger partial charge >= 0.3 is 0 Å². The van der Waals surface area contributed by atoms with Crippen LogP contribution in [-0.4, -0.2) is 41.6 Å². The standard InChI is InChI=1S/C28H28ClN3O2/c1-20-8-13-26-24(19-20)28(34)23-5-2-3-6-25(23)32(26)14-4-7-27(33)31-17-15-30(16-18-31)22-11-9-21(29)10-12-22/h2-3,5-6,8-13,19H,4,7,14-18H2,1H3. The molecule has 0 unspecified atom stereocenters. The first-order chi connectivity index (χ1) is 16.5. The van der Waals surface area contributed by atoms with E-state index in [1.807, 2.05) is 78.6 Å². The smallest absolute Gasteiger partial charge is 0.222 e. The van der Waals surface area contributed by atoms with Gasteiger partial charge < -0.3 is 14.4 Å². The lowest BCUT2D eigenvalue weighted by Gasteiger charge is -2.36. The minimum atomic E-state index is 0.0696. The molecule has 0 spiro atoms. The van der Waals surface area contributed by atoms with Gasteiger partial charge in [-0.2, -0.15) is 0 Å². The first kappa shape index (κ1) is 22.5. The Bertz CT molecular complexity index is 1400. The van der Waals surface area contributed by atoms with Gasteiger partial charge in [0.25, 0.3) is 0 Å². The minimum Gasteiger partial charge on any atom is -0.368 e. The van der Waals surface area contributed by atoms with Crippen molar-refractivity contribution >= 4 is 45.0 Å². The lowest BCUT2D eigenvalue weighted by Crippen LogP contribution is -2.48. The molecule has 0 N–H and O–H groups in total. The summed E-state index contributed by atoms with van der Waals surface area (Å²) in [5, 5.41) is 2.20. The molecule has 4 aromatic rings. The quantitative estimate of drug-likeness (QED) is 0.372. The number of anilines is 1. The van der Waals surface area contributed by atoms with E-state index in [2.05, 4.69) is 9.47 Å². The molecule has 5 nitrogen and oxygen atoms in total. The van der Waals surface area contributed by atoms with E-state index in [0.29, 0.717) is 13.0 Å². The maximum absolute atomic E-state index is 13.0.